The molecule has 0 bridgehead atoms. The molecule has 1 heterocycles. The number of nitrogens with zero attached hydrogens (tertiary/aromatic N) is 1. The molecule has 1 aromatic carbocycles. The van der Waals surface area contributed by atoms with Crippen LogP contribution in [0.4, 0.5) is 10.5 Å². The van der Waals surface area contributed by atoms with Crippen LogP contribution < -0.4 is 15.4 Å². The molecule has 20 heavy (non-hydrogen) atoms. The highest BCUT2D eigenvalue weighted by Crippen LogP contribution is 2.26. The van der Waals surface area contributed by atoms with E-state index >= 15 is 0 Å². The number of carbonyl (C=O) groups is 1. The van der Waals surface area contributed by atoms with Gasteiger partial charge < -0.3 is 15.4 Å². The lowest BCUT2D eigenvalue weighted by molar-refractivity contribution is 0.253. The first kappa shape index (κ1) is 13.6. The van der Waals surface area contributed by atoms with Gasteiger partial charge >= 0.3 is 6.03 Å². The maximum absolute atomic E-state index is 11.6. The fourth-order valence-corrected chi connectivity index (χ4v) is 1.50. The summed E-state index contributed by atoms with van der Waals surface area (Å²) >= 11 is 0. The molecule has 0 unspecified atom stereocenters. The summed E-state index contributed by atoms with van der Waals surface area (Å²) in [6.45, 7) is 3.92. The van der Waals surface area contributed by atoms with Crippen molar-refractivity contribution in [2.45, 2.75) is 0 Å². The highest BCUT2D eigenvalue weighted by molar-refractivity contribution is 5.90. The quantitative estimate of drug-likeness (QED) is 0.819. The van der Waals surface area contributed by atoms with Crippen LogP contribution >= 0.6 is 0 Å². The third-order valence-electron chi connectivity index (χ3n) is 2.38. The zero-order chi connectivity index (χ0) is 14.2. The van der Waals surface area contributed by atoms with Gasteiger partial charge in [-0.15, -0.1) is 6.58 Å². The van der Waals surface area contributed by atoms with Gasteiger partial charge in [0.2, 0.25) is 5.88 Å². The van der Waals surface area contributed by atoms with Crippen molar-refractivity contribution < 1.29 is 9.53 Å². The predicted molar refractivity (Wildman–Crippen MR) is 78.0 cm³/mol. The zero-order valence-electron chi connectivity index (χ0n) is 10.9. The molecule has 1 aromatic heterocycles. The Morgan fingerprint density at radius 1 is 1.25 bits per heavy atom. The van der Waals surface area contributed by atoms with Crippen molar-refractivity contribution in [3.8, 4) is 11.6 Å². The van der Waals surface area contributed by atoms with Crippen molar-refractivity contribution in [3.05, 3.63) is 61.3 Å². The highest BCUT2D eigenvalue weighted by atomic mass is 16.5. The minimum absolute atomic E-state index is 0.337. The van der Waals surface area contributed by atoms with Crippen LogP contribution in [0.2, 0.25) is 0 Å². The third kappa shape index (κ3) is 3.84. The van der Waals surface area contributed by atoms with E-state index in [-0.39, 0.29) is 6.03 Å². The molecule has 5 nitrogen and oxygen atoms in total. The molecule has 2 amide bonds. The number of ether oxygens (including phenoxy) is 1. The van der Waals surface area contributed by atoms with E-state index in [4.69, 9.17) is 4.74 Å². The van der Waals surface area contributed by atoms with Gasteiger partial charge in [0.25, 0.3) is 0 Å². The molecule has 0 atom stereocenters. The topological polar surface area (TPSA) is 63.2 Å². The van der Waals surface area contributed by atoms with Crippen LogP contribution in [0.1, 0.15) is 0 Å². The Kier molecular flexibility index (Phi) is 4.72. The molecule has 2 N–H and O–H groups in total. The lowest BCUT2D eigenvalue weighted by atomic mass is 10.3. The first-order valence-electron chi connectivity index (χ1n) is 6.13. The summed E-state index contributed by atoms with van der Waals surface area (Å²) in [7, 11) is 0. The van der Waals surface area contributed by atoms with E-state index in [9.17, 15) is 4.79 Å². The number of carbonyl (C=O) groups excluding carboxylic acids is 1. The first-order valence-corrected chi connectivity index (χ1v) is 6.13. The number of hydrogen-bond acceptors (Lipinski definition) is 3. The summed E-state index contributed by atoms with van der Waals surface area (Å²) in [5, 5.41) is 5.30. The average molecular weight is 269 g/mol. The van der Waals surface area contributed by atoms with Gasteiger partial charge in [-0.1, -0.05) is 24.3 Å². The van der Waals surface area contributed by atoms with E-state index in [1.165, 1.54) is 0 Å². The second-order valence-corrected chi connectivity index (χ2v) is 3.89. The Morgan fingerprint density at radius 3 is 2.80 bits per heavy atom. The first-order chi connectivity index (χ1) is 9.79. The van der Waals surface area contributed by atoms with Crippen molar-refractivity contribution in [1.29, 1.82) is 0 Å². The van der Waals surface area contributed by atoms with Crippen LogP contribution in [-0.2, 0) is 0 Å². The van der Waals surface area contributed by atoms with Crippen molar-refractivity contribution >= 4 is 11.7 Å². The lowest BCUT2D eigenvalue weighted by Gasteiger charge is -2.11. The van der Waals surface area contributed by atoms with E-state index < -0.39 is 0 Å². The SMILES string of the molecule is C=CCNC(=O)Nc1cccnc1Oc1ccccc1. The molecule has 0 spiro atoms. The van der Waals surface area contributed by atoms with Crippen molar-refractivity contribution in [1.82, 2.24) is 10.3 Å². The van der Waals surface area contributed by atoms with Gasteiger partial charge in [-0.25, -0.2) is 9.78 Å². The molecule has 0 aliphatic rings. The Morgan fingerprint density at radius 2 is 2.05 bits per heavy atom. The molecule has 0 saturated carbocycles. The maximum atomic E-state index is 11.6. The lowest BCUT2D eigenvalue weighted by Crippen LogP contribution is -2.28. The van der Waals surface area contributed by atoms with E-state index in [1.54, 1.807) is 24.4 Å². The average Bonchev–Trinajstić information content (AvgIpc) is 2.48. The molecule has 0 saturated heterocycles. The van der Waals surface area contributed by atoms with Gasteiger partial charge in [0.05, 0.1) is 0 Å². The smallest absolute Gasteiger partial charge is 0.319 e. The number of anilines is 1. The minimum Gasteiger partial charge on any atom is -0.437 e. The third-order valence-corrected chi connectivity index (χ3v) is 2.38. The number of amides is 2. The number of pyridine rings is 1. The van der Waals surface area contributed by atoms with Crippen molar-refractivity contribution in [3.63, 3.8) is 0 Å². The Labute approximate surface area is 117 Å². The number of para-hydroxylation sites is 1. The largest absolute Gasteiger partial charge is 0.437 e. The Hall–Kier alpha value is -2.82. The summed E-state index contributed by atoms with van der Waals surface area (Å²) in [6, 6.07) is 12.4. The van der Waals surface area contributed by atoms with Crippen LogP contribution in [0.5, 0.6) is 11.6 Å². The highest BCUT2D eigenvalue weighted by Gasteiger charge is 2.08. The van der Waals surface area contributed by atoms with E-state index in [1.807, 2.05) is 30.3 Å². The number of rotatable bonds is 5. The molecule has 2 aromatic rings. The van der Waals surface area contributed by atoms with Crippen LogP contribution in [0.3, 0.4) is 0 Å². The molecular weight excluding hydrogens is 254 g/mol. The number of benzene rings is 1. The van der Waals surface area contributed by atoms with Crippen LogP contribution in [0.25, 0.3) is 0 Å². The van der Waals surface area contributed by atoms with E-state index in [0.29, 0.717) is 23.9 Å². The molecule has 0 radical (unpaired) electrons. The van der Waals surface area contributed by atoms with Crippen LogP contribution in [0.15, 0.2) is 61.3 Å². The van der Waals surface area contributed by atoms with Crippen LogP contribution in [-0.4, -0.2) is 17.6 Å². The van der Waals surface area contributed by atoms with Gasteiger partial charge in [0, 0.05) is 12.7 Å². The number of hydrogen-bond donors (Lipinski definition) is 2. The summed E-state index contributed by atoms with van der Waals surface area (Å²) in [6.07, 6.45) is 3.20. The molecule has 5 heteroatoms. The van der Waals surface area contributed by atoms with Gasteiger partial charge in [0.1, 0.15) is 11.4 Å². The van der Waals surface area contributed by atoms with E-state index in [2.05, 4.69) is 22.2 Å². The monoisotopic (exact) mass is 269 g/mol. The summed E-state index contributed by atoms with van der Waals surface area (Å²) in [5.41, 5.74) is 0.498. The van der Waals surface area contributed by atoms with Gasteiger partial charge in [-0.05, 0) is 24.3 Å². The van der Waals surface area contributed by atoms with Crippen molar-refractivity contribution in [2.75, 3.05) is 11.9 Å². The normalized spacial score (nSPS) is 9.60. The molecular formula is C15H15N3O2. The molecule has 0 aliphatic carbocycles. The molecule has 2 rings (SSSR count). The molecule has 102 valence electrons. The van der Waals surface area contributed by atoms with Crippen LogP contribution in [0, 0.1) is 0 Å². The Balaban J connectivity index is 2.10. The fraction of sp³-hybridized carbons (Fsp3) is 0.0667. The summed E-state index contributed by atoms with van der Waals surface area (Å²) in [5.74, 6) is 0.994. The number of aromatic nitrogens is 1. The van der Waals surface area contributed by atoms with Gasteiger partial charge in [-0.2, -0.15) is 0 Å². The minimum atomic E-state index is -0.337. The predicted octanol–water partition coefficient (Wildman–Crippen LogP) is 3.18. The van der Waals surface area contributed by atoms with E-state index in [0.717, 1.165) is 0 Å². The molecule has 0 aliphatic heterocycles. The summed E-state index contributed by atoms with van der Waals surface area (Å²) in [4.78, 5) is 15.7. The summed E-state index contributed by atoms with van der Waals surface area (Å²) < 4.78 is 5.64. The molecule has 0 fully saturated rings. The number of urea groups is 1. The maximum Gasteiger partial charge on any atom is 0.319 e. The van der Waals surface area contributed by atoms with Crippen molar-refractivity contribution in [2.24, 2.45) is 0 Å². The zero-order valence-corrected chi connectivity index (χ0v) is 10.9. The number of nitrogens with one attached hydrogen (secondary N) is 2. The second kappa shape index (κ2) is 6.94. The Bertz CT molecular complexity index is 585. The second-order valence-electron chi connectivity index (χ2n) is 3.89. The van der Waals surface area contributed by atoms with Gasteiger partial charge in [0.15, 0.2) is 0 Å². The van der Waals surface area contributed by atoms with Gasteiger partial charge in [-0.3, -0.25) is 0 Å². The standard InChI is InChI=1S/C15H15N3O2/c1-2-10-17-15(19)18-13-9-6-11-16-14(13)20-12-7-4-3-5-8-12/h2-9,11H,1,10H2,(H2,17,18,19). The fourth-order valence-electron chi connectivity index (χ4n) is 1.50.